The van der Waals surface area contributed by atoms with E-state index in [9.17, 15) is 12.8 Å². The summed E-state index contributed by atoms with van der Waals surface area (Å²) < 4.78 is 44.1. The Morgan fingerprint density at radius 2 is 2.06 bits per heavy atom. The van der Waals surface area contributed by atoms with Crippen molar-refractivity contribution in [2.24, 2.45) is 0 Å². The van der Waals surface area contributed by atoms with Crippen LogP contribution in [0.2, 0.25) is 0 Å². The maximum absolute atomic E-state index is 13.5. The summed E-state index contributed by atoms with van der Waals surface area (Å²) in [7, 11) is -3.40. The van der Waals surface area contributed by atoms with Gasteiger partial charge < -0.3 is 4.74 Å². The summed E-state index contributed by atoms with van der Waals surface area (Å²) >= 11 is 0. The summed E-state index contributed by atoms with van der Waals surface area (Å²) in [6.45, 7) is 4.02. The van der Waals surface area contributed by atoms with Gasteiger partial charge in [0.2, 0.25) is 10.0 Å². The molecule has 0 aliphatic rings. The molecule has 102 valence electrons. The molecule has 0 heterocycles. The van der Waals surface area contributed by atoms with E-state index in [1.165, 1.54) is 12.1 Å². The average molecular weight is 275 g/mol. The third kappa shape index (κ3) is 4.52. The fourth-order valence-corrected chi connectivity index (χ4v) is 2.66. The first-order valence-electron chi connectivity index (χ1n) is 5.91. The van der Waals surface area contributed by atoms with E-state index in [-0.39, 0.29) is 17.2 Å². The Labute approximate surface area is 107 Å². The predicted octanol–water partition coefficient (Wildman–Crippen LogP) is 2.77. The van der Waals surface area contributed by atoms with Gasteiger partial charge in [0.15, 0.2) is 11.6 Å². The highest BCUT2D eigenvalue weighted by Gasteiger charge is 2.11. The Morgan fingerprint density at radius 1 is 1.33 bits per heavy atom. The van der Waals surface area contributed by atoms with Crippen molar-refractivity contribution in [3.05, 3.63) is 24.0 Å². The van der Waals surface area contributed by atoms with Gasteiger partial charge in [-0.3, -0.25) is 4.72 Å². The normalized spacial score (nSPS) is 11.3. The Morgan fingerprint density at radius 3 is 2.61 bits per heavy atom. The summed E-state index contributed by atoms with van der Waals surface area (Å²) in [6, 6.07) is 4.02. The molecular formula is C12H18FNO3S. The number of benzene rings is 1. The van der Waals surface area contributed by atoms with E-state index in [1.54, 1.807) is 6.92 Å². The summed E-state index contributed by atoms with van der Waals surface area (Å²) in [5, 5.41) is 0. The maximum atomic E-state index is 13.5. The number of nitrogens with one attached hydrogen (secondary N) is 1. The van der Waals surface area contributed by atoms with Crippen molar-refractivity contribution in [3.8, 4) is 5.75 Å². The molecule has 1 N–H and O–H groups in total. The number of hydrogen-bond acceptors (Lipinski definition) is 3. The molecule has 0 unspecified atom stereocenters. The molecule has 0 atom stereocenters. The molecule has 0 bridgehead atoms. The van der Waals surface area contributed by atoms with Crippen molar-refractivity contribution in [2.45, 2.75) is 26.7 Å². The molecule has 0 saturated heterocycles. The molecule has 6 heteroatoms. The number of halogens is 1. The zero-order chi connectivity index (χ0) is 13.6. The van der Waals surface area contributed by atoms with Gasteiger partial charge in [-0.15, -0.1) is 0 Å². The minimum Gasteiger partial charge on any atom is -0.491 e. The second-order valence-electron chi connectivity index (χ2n) is 3.85. The second-order valence-corrected chi connectivity index (χ2v) is 5.69. The van der Waals surface area contributed by atoms with Gasteiger partial charge in [-0.25, -0.2) is 12.8 Å². The third-order valence-corrected chi connectivity index (χ3v) is 3.64. The topological polar surface area (TPSA) is 55.4 Å². The van der Waals surface area contributed by atoms with Crippen LogP contribution in [0.15, 0.2) is 18.2 Å². The zero-order valence-electron chi connectivity index (χ0n) is 10.6. The van der Waals surface area contributed by atoms with E-state index in [4.69, 9.17) is 4.74 Å². The summed E-state index contributed by atoms with van der Waals surface area (Å²) in [4.78, 5) is 0. The van der Waals surface area contributed by atoms with Crippen LogP contribution in [0.1, 0.15) is 26.7 Å². The molecule has 0 amide bonds. The molecule has 4 nitrogen and oxygen atoms in total. The molecule has 0 radical (unpaired) electrons. The largest absolute Gasteiger partial charge is 0.491 e. The highest BCUT2D eigenvalue weighted by molar-refractivity contribution is 7.92. The minimum absolute atomic E-state index is 0.0400. The van der Waals surface area contributed by atoms with E-state index in [0.29, 0.717) is 13.0 Å². The first kappa shape index (κ1) is 14.8. The van der Waals surface area contributed by atoms with E-state index >= 15 is 0 Å². The van der Waals surface area contributed by atoms with E-state index < -0.39 is 15.8 Å². The van der Waals surface area contributed by atoms with Gasteiger partial charge in [-0.2, -0.15) is 0 Å². The molecule has 1 rings (SSSR count). The molecule has 0 fully saturated rings. The molecule has 0 aromatic heterocycles. The molecule has 1 aromatic carbocycles. The summed E-state index contributed by atoms with van der Waals surface area (Å²) in [6.07, 6.45) is 1.37. The Bertz CT molecular complexity index is 488. The number of unbranched alkanes of at least 4 members (excludes halogenated alkanes) is 1. The maximum Gasteiger partial charge on any atom is 0.232 e. The first-order chi connectivity index (χ1) is 8.48. The van der Waals surface area contributed by atoms with Gasteiger partial charge in [0.25, 0.3) is 0 Å². The van der Waals surface area contributed by atoms with Crippen molar-refractivity contribution in [1.29, 1.82) is 0 Å². The van der Waals surface area contributed by atoms with Crippen LogP contribution >= 0.6 is 0 Å². The van der Waals surface area contributed by atoms with Gasteiger partial charge in [0.05, 0.1) is 18.0 Å². The van der Waals surface area contributed by atoms with Crippen molar-refractivity contribution in [1.82, 2.24) is 0 Å². The van der Waals surface area contributed by atoms with Crippen molar-refractivity contribution in [2.75, 3.05) is 17.1 Å². The third-order valence-electron chi connectivity index (χ3n) is 2.27. The number of hydrogen-bond donors (Lipinski definition) is 1. The Kier molecular flexibility index (Phi) is 5.40. The Hall–Kier alpha value is -1.30. The van der Waals surface area contributed by atoms with Gasteiger partial charge in [-0.05, 0) is 25.5 Å². The summed E-state index contributed by atoms with van der Waals surface area (Å²) in [5.74, 6) is -0.417. The highest BCUT2D eigenvalue weighted by Crippen LogP contribution is 2.21. The first-order valence-corrected chi connectivity index (χ1v) is 7.56. The van der Waals surface area contributed by atoms with E-state index in [1.807, 2.05) is 6.92 Å². The van der Waals surface area contributed by atoms with Crippen LogP contribution < -0.4 is 9.46 Å². The zero-order valence-corrected chi connectivity index (χ0v) is 11.4. The molecular weight excluding hydrogens is 257 g/mol. The van der Waals surface area contributed by atoms with Crippen LogP contribution in [-0.4, -0.2) is 20.8 Å². The molecule has 1 aromatic rings. The lowest BCUT2D eigenvalue weighted by Crippen LogP contribution is -2.16. The lowest BCUT2D eigenvalue weighted by Gasteiger charge is -2.09. The van der Waals surface area contributed by atoms with Crippen LogP contribution in [-0.2, 0) is 10.0 Å². The SMILES string of the molecule is CCCCS(=O)(=O)Nc1ccc(OCC)c(F)c1. The average Bonchev–Trinajstić information content (AvgIpc) is 2.30. The fraction of sp³-hybridized carbons (Fsp3) is 0.500. The van der Waals surface area contributed by atoms with Crippen LogP contribution in [0.25, 0.3) is 0 Å². The smallest absolute Gasteiger partial charge is 0.232 e. The van der Waals surface area contributed by atoms with Gasteiger partial charge in [0, 0.05) is 6.07 Å². The fourth-order valence-electron chi connectivity index (χ4n) is 1.40. The van der Waals surface area contributed by atoms with Crippen LogP contribution in [0.4, 0.5) is 10.1 Å². The van der Waals surface area contributed by atoms with Crippen molar-refractivity contribution >= 4 is 15.7 Å². The van der Waals surface area contributed by atoms with Crippen LogP contribution in [0, 0.1) is 5.82 Å². The number of sulfonamides is 1. The minimum atomic E-state index is -3.40. The second kappa shape index (κ2) is 6.58. The van der Waals surface area contributed by atoms with E-state index in [2.05, 4.69) is 4.72 Å². The number of ether oxygens (including phenoxy) is 1. The van der Waals surface area contributed by atoms with E-state index in [0.717, 1.165) is 12.5 Å². The lowest BCUT2D eigenvalue weighted by atomic mass is 10.3. The molecule has 0 spiro atoms. The lowest BCUT2D eigenvalue weighted by molar-refractivity contribution is 0.321. The molecule has 18 heavy (non-hydrogen) atoms. The summed E-state index contributed by atoms with van der Waals surface area (Å²) in [5.41, 5.74) is 0.215. The standard InChI is InChI=1S/C12H18FNO3S/c1-3-5-8-18(15,16)14-10-6-7-12(17-4-2)11(13)9-10/h6-7,9,14H,3-5,8H2,1-2H3. The van der Waals surface area contributed by atoms with Crippen LogP contribution in [0.5, 0.6) is 5.75 Å². The van der Waals surface area contributed by atoms with Crippen molar-refractivity contribution in [3.63, 3.8) is 0 Å². The number of anilines is 1. The highest BCUT2D eigenvalue weighted by atomic mass is 32.2. The predicted molar refractivity (Wildman–Crippen MR) is 69.9 cm³/mol. The Balaban J connectivity index is 2.77. The van der Waals surface area contributed by atoms with Gasteiger partial charge in [0.1, 0.15) is 0 Å². The monoisotopic (exact) mass is 275 g/mol. The van der Waals surface area contributed by atoms with Gasteiger partial charge in [-0.1, -0.05) is 13.3 Å². The van der Waals surface area contributed by atoms with Gasteiger partial charge >= 0.3 is 0 Å². The molecule has 0 saturated carbocycles. The van der Waals surface area contributed by atoms with Crippen molar-refractivity contribution < 1.29 is 17.5 Å². The molecule has 0 aliphatic carbocycles. The number of rotatable bonds is 7. The van der Waals surface area contributed by atoms with Crippen LogP contribution in [0.3, 0.4) is 0 Å². The quantitative estimate of drug-likeness (QED) is 0.832. The molecule has 0 aliphatic heterocycles.